The number of amides is 1. The van der Waals surface area contributed by atoms with E-state index >= 15 is 0 Å². The van der Waals surface area contributed by atoms with Crippen LogP contribution in [-0.2, 0) is 33.5 Å². The highest BCUT2D eigenvalue weighted by Gasteiger charge is 2.57. The molecular weight excluding hydrogens is 676 g/mol. The third-order valence-electron chi connectivity index (χ3n) is 11.2. The summed E-state index contributed by atoms with van der Waals surface area (Å²) in [6.07, 6.45) is 2.51. The molecule has 4 aliphatic rings. The van der Waals surface area contributed by atoms with Crippen LogP contribution in [0.25, 0.3) is 0 Å². The van der Waals surface area contributed by atoms with Crippen LogP contribution in [0.15, 0.2) is 49.1 Å². The highest BCUT2D eigenvalue weighted by molar-refractivity contribution is 5.76. The Bertz CT molecular complexity index is 1960. The summed E-state index contributed by atoms with van der Waals surface area (Å²) in [7, 11) is 3.67. The van der Waals surface area contributed by atoms with Crippen molar-refractivity contribution in [1.29, 1.82) is 5.26 Å². The molecule has 1 amide bonds. The predicted octanol–water partition coefficient (Wildman–Crippen LogP) is 5.55. The van der Waals surface area contributed by atoms with Crippen molar-refractivity contribution in [3.05, 3.63) is 93.6 Å². The molecule has 5 atom stereocenters. The summed E-state index contributed by atoms with van der Waals surface area (Å²) in [6.45, 7) is 9.84. The van der Waals surface area contributed by atoms with Crippen molar-refractivity contribution < 1.29 is 38.0 Å². The molecule has 2 bridgehead atoms. The molecule has 3 aromatic carbocycles. The van der Waals surface area contributed by atoms with Gasteiger partial charge in [0.25, 0.3) is 0 Å². The number of fused-ring (bicyclic) bond motifs is 9. The van der Waals surface area contributed by atoms with E-state index in [1.54, 1.807) is 7.11 Å². The number of ether oxygens (including phenoxy) is 6. The lowest BCUT2D eigenvalue weighted by Crippen LogP contribution is -2.68. The maximum atomic E-state index is 13.5. The van der Waals surface area contributed by atoms with Crippen LogP contribution in [0.3, 0.4) is 0 Å². The normalized spacial score (nSPS) is 22.5. The number of likely N-dealkylation sites (N-methyl/N-ethyl adjacent to an activating group) is 1. The molecule has 1 fully saturated rings. The van der Waals surface area contributed by atoms with Crippen molar-refractivity contribution in [2.45, 2.75) is 76.7 Å². The van der Waals surface area contributed by atoms with Crippen molar-refractivity contribution in [3.8, 4) is 29.1 Å². The lowest BCUT2D eigenvalue weighted by molar-refractivity contribution is -0.122. The van der Waals surface area contributed by atoms with Gasteiger partial charge in [0.05, 0.1) is 18.2 Å². The molecule has 12 nitrogen and oxygen atoms in total. The molecule has 1 N–H and O–H groups in total. The molecule has 1 unspecified atom stereocenters. The van der Waals surface area contributed by atoms with Crippen LogP contribution in [-0.4, -0.2) is 80.9 Å². The number of carbonyl (C=O) groups is 2. The van der Waals surface area contributed by atoms with Crippen LogP contribution in [0.4, 0.5) is 4.79 Å². The molecule has 0 aromatic heterocycles. The van der Waals surface area contributed by atoms with Crippen molar-refractivity contribution in [3.63, 3.8) is 0 Å². The quantitative estimate of drug-likeness (QED) is 0.116. The van der Waals surface area contributed by atoms with Gasteiger partial charge in [-0.05, 0) is 69.3 Å². The van der Waals surface area contributed by atoms with Crippen LogP contribution < -0.4 is 24.3 Å². The molecule has 4 aliphatic heterocycles. The van der Waals surface area contributed by atoms with Crippen LogP contribution >= 0.6 is 0 Å². The zero-order chi connectivity index (χ0) is 37.4. The molecule has 0 aliphatic carbocycles. The van der Waals surface area contributed by atoms with E-state index in [1.165, 1.54) is 6.08 Å². The van der Waals surface area contributed by atoms with Crippen molar-refractivity contribution in [1.82, 2.24) is 15.1 Å². The molecule has 12 heteroatoms. The predicted molar refractivity (Wildman–Crippen MR) is 195 cm³/mol. The monoisotopic (exact) mass is 722 g/mol. The minimum Gasteiger partial charge on any atom is -0.467 e. The van der Waals surface area contributed by atoms with E-state index in [1.807, 2.05) is 37.3 Å². The van der Waals surface area contributed by atoms with Crippen molar-refractivity contribution in [2.75, 3.05) is 40.9 Å². The number of nitrogens with zero attached hydrogens (tertiary/aromatic N) is 3. The Balaban J connectivity index is 1.37. The molecule has 0 saturated carbocycles. The smallest absolute Gasteiger partial charge is 0.467 e. The molecule has 7 rings (SSSR count). The molecule has 3 aromatic rings. The second kappa shape index (κ2) is 15.1. The Hall–Kier alpha value is -5.09. The maximum absolute atomic E-state index is 13.5. The second-order valence-electron chi connectivity index (χ2n) is 14.1. The SMILES string of the molecule is C=CCOC(=O)Oc1c(C)c2c(c3c1CC1[C@H]4c5c(cc(C)c(C)c5OCOC)C[C@H]([C@H](C#N)N1[C@H]3CNC(=O)CCc1ccccc1)N4C)OCO2. The van der Waals surface area contributed by atoms with Gasteiger partial charge in [-0.2, -0.15) is 5.26 Å². The van der Waals surface area contributed by atoms with Gasteiger partial charge in [-0.25, -0.2) is 4.79 Å². The molecule has 0 radical (unpaired) electrons. The number of nitrogens with one attached hydrogen (secondary N) is 1. The highest BCUT2D eigenvalue weighted by atomic mass is 16.7. The first kappa shape index (κ1) is 36.3. The summed E-state index contributed by atoms with van der Waals surface area (Å²) < 4.78 is 35.2. The fourth-order valence-corrected chi connectivity index (χ4v) is 8.76. The summed E-state index contributed by atoms with van der Waals surface area (Å²) >= 11 is 0. The maximum Gasteiger partial charge on any atom is 0.514 e. The molecule has 0 spiro atoms. The summed E-state index contributed by atoms with van der Waals surface area (Å²) in [6, 6.07) is 13.0. The summed E-state index contributed by atoms with van der Waals surface area (Å²) in [5.41, 5.74) is 7.45. The van der Waals surface area contributed by atoms with E-state index in [4.69, 9.17) is 28.4 Å². The lowest BCUT2D eigenvalue weighted by atomic mass is 9.71. The van der Waals surface area contributed by atoms with E-state index < -0.39 is 18.2 Å². The summed E-state index contributed by atoms with van der Waals surface area (Å²) in [4.78, 5) is 31.1. The third kappa shape index (κ3) is 6.47. The highest BCUT2D eigenvalue weighted by Crippen LogP contribution is 2.58. The largest absolute Gasteiger partial charge is 0.514 e. The molecule has 1 saturated heterocycles. The summed E-state index contributed by atoms with van der Waals surface area (Å²) in [5, 5.41) is 14.2. The van der Waals surface area contributed by atoms with E-state index in [2.05, 4.69) is 54.7 Å². The number of piperazine rings is 1. The Morgan fingerprint density at radius 2 is 1.83 bits per heavy atom. The zero-order valence-corrected chi connectivity index (χ0v) is 30.9. The van der Waals surface area contributed by atoms with Gasteiger partial charge in [-0.1, -0.05) is 49.1 Å². The second-order valence-corrected chi connectivity index (χ2v) is 14.1. The summed E-state index contributed by atoms with van der Waals surface area (Å²) in [5.74, 6) is 1.98. The zero-order valence-electron chi connectivity index (χ0n) is 30.9. The van der Waals surface area contributed by atoms with Gasteiger partial charge >= 0.3 is 6.16 Å². The van der Waals surface area contributed by atoms with Gasteiger partial charge < -0.3 is 33.7 Å². The fourth-order valence-electron chi connectivity index (χ4n) is 8.76. The van der Waals surface area contributed by atoms with Crippen LogP contribution in [0.2, 0.25) is 0 Å². The van der Waals surface area contributed by atoms with Gasteiger partial charge in [0, 0.05) is 54.4 Å². The van der Waals surface area contributed by atoms with Gasteiger partial charge in [0.1, 0.15) is 24.1 Å². The van der Waals surface area contributed by atoms with Crippen molar-refractivity contribution >= 4 is 12.1 Å². The van der Waals surface area contributed by atoms with E-state index in [0.29, 0.717) is 48.5 Å². The van der Waals surface area contributed by atoms with Crippen LogP contribution in [0.1, 0.15) is 63.0 Å². The minimum atomic E-state index is -0.873. The third-order valence-corrected chi connectivity index (χ3v) is 11.2. The Kier molecular flexibility index (Phi) is 10.3. The average Bonchev–Trinajstić information content (AvgIpc) is 3.65. The first-order valence-electron chi connectivity index (χ1n) is 18.0. The van der Waals surface area contributed by atoms with E-state index in [0.717, 1.165) is 44.7 Å². The van der Waals surface area contributed by atoms with Gasteiger partial charge in [-0.3, -0.25) is 14.6 Å². The fraction of sp³-hybridized carbons (Fsp3) is 0.439. The number of nitriles is 1. The van der Waals surface area contributed by atoms with Crippen LogP contribution in [0.5, 0.6) is 23.0 Å². The van der Waals surface area contributed by atoms with Crippen molar-refractivity contribution in [2.24, 2.45) is 0 Å². The first-order valence-corrected chi connectivity index (χ1v) is 18.0. The van der Waals surface area contributed by atoms with Crippen LogP contribution in [0, 0.1) is 32.1 Å². The van der Waals surface area contributed by atoms with E-state index in [9.17, 15) is 14.9 Å². The Morgan fingerprint density at radius 1 is 1.06 bits per heavy atom. The lowest BCUT2D eigenvalue weighted by Gasteiger charge is -2.60. The number of rotatable bonds is 11. The Labute approximate surface area is 310 Å². The van der Waals surface area contributed by atoms with Gasteiger partial charge in [-0.15, -0.1) is 0 Å². The topological polar surface area (TPSA) is 132 Å². The van der Waals surface area contributed by atoms with Gasteiger partial charge in [0.15, 0.2) is 18.3 Å². The average molecular weight is 723 g/mol. The Morgan fingerprint density at radius 3 is 2.57 bits per heavy atom. The number of benzene rings is 3. The number of methoxy groups -OCH3 is 1. The molecule has 278 valence electrons. The van der Waals surface area contributed by atoms with E-state index in [-0.39, 0.29) is 50.8 Å². The molecular formula is C41H46N4O8. The van der Waals surface area contributed by atoms with Gasteiger partial charge in [0.2, 0.25) is 12.7 Å². The standard InChI is InChI=1S/C41H46N4O8/c1-7-15-49-41(47)53-37-25(4)39-40(52-22-51-39)35-28(37)18-30-36-34-27(16-23(2)24(3)38(34)50-21-48-6)17-29(44(36)5)31(19-42)45(30)32(35)20-43-33(46)14-13-26-11-9-8-10-12-26/h7-12,16,29-32,36H,1,13-15,17-18,20-22H2,2-6H3,(H,43,46)/t29-,30?,31+,32+,36+/m1/s1. The minimum absolute atomic E-state index is 0.0173. The number of hydrogen-bond donors (Lipinski definition) is 1. The first-order chi connectivity index (χ1) is 25.7. The molecule has 4 heterocycles. The number of hydrogen-bond acceptors (Lipinski definition) is 11. The number of aryl methyl sites for hydroxylation is 2. The number of carbonyl (C=O) groups excluding carboxylic acids is 2. The molecule has 53 heavy (non-hydrogen) atoms.